The van der Waals surface area contributed by atoms with Crippen LogP contribution < -0.4 is 4.74 Å². The second-order valence-electron chi connectivity index (χ2n) is 4.98. The summed E-state index contributed by atoms with van der Waals surface area (Å²) in [6.45, 7) is 0. The van der Waals surface area contributed by atoms with Gasteiger partial charge in [-0.15, -0.1) is 0 Å². The number of carboxylic acid groups (broad SMARTS) is 1. The molecule has 1 aliphatic rings. The van der Waals surface area contributed by atoms with E-state index in [4.69, 9.17) is 4.74 Å². The molecule has 0 amide bonds. The molecule has 3 rings (SSSR count). The van der Waals surface area contributed by atoms with Crippen LogP contribution in [0.5, 0.6) is 5.88 Å². The van der Waals surface area contributed by atoms with Crippen molar-refractivity contribution in [2.45, 2.75) is 24.7 Å². The van der Waals surface area contributed by atoms with E-state index in [9.17, 15) is 9.90 Å². The second kappa shape index (κ2) is 3.94. The van der Waals surface area contributed by atoms with Crippen molar-refractivity contribution in [1.29, 1.82) is 0 Å². The van der Waals surface area contributed by atoms with Crippen LogP contribution in [0, 0.1) is 0 Å². The maximum absolute atomic E-state index is 11.6. The number of aliphatic carboxylic acids is 1. The van der Waals surface area contributed by atoms with E-state index >= 15 is 0 Å². The summed E-state index contributed by atoms with van der Waals surface area (Å²) in [6.07, 6.45) is 5.62. The molecule has 19 heavy (non-hydrogen) atoms. The third-order valence-electron chi connectivity index (χ3n) is 3.99. The van der Waals surface area contributed by atoms with E-state index in [0.717, 1.165) is 12.0 Å². The van der Waals surface area contributed by atoms with Crippen LogP contribution in [0.4, 0.5) is 0 Å². The molecule has 1 fully saturated rings. The average molecular weight is 261 g/mol. The Hall–Kier alpha value is -2.11. The average Bonchev–Trinajstić information content (AvgIpc) is 2.65. The van der Waals surface area contributed by atoms with Crippen LogP contribution in [-0.2, 0) is 17.3 Å². The molecule has 0 saturated heterocycles. The largest absolute Gasteiger partial charge is 0.481 e. The second-order valence-corrected chi connectivity index (χ2v) is 4.98. The van der Waals surface area contributed by atoms with Crippen LogP contribution in [0.3, 0.4) is 0 Å². The molecule has 0 atom stereocenters. The molecule has 100 valence electrons. The van der Waals surface area contributed by atoms with Gasteiger partial charge in [-0.1, -0.05) is 6.42 Å². The lowest BCUT2D eigenvalue weighted by molar-refractivity contribution is -0.147. The highest BCUT2D eigenvalue weighted by atomic mass is 16.5. The number of methoxy groups -OCH3 is 1. The molecule has 1 saturated carbocycles. The van der Waals surface area contributed by atoms with E-state index in [-0.39, 0.29) is 0 Å². The van der Waals surface area contributed by atoms with Gasteiger partial charge in [-0.25, -0.2) is 4.98 Å². The van der Waals surface area contributed by atoms with Crippen LogP contribution in [0.25, 0.3) is 11.2 Å². The van der Waals surface area contributed by atoms with Gasteiger partial charge in [0.25, 0.3) is 0 Å². The fourth-order valence-corrected chi connectivity index (χ4v) is 2.69. The molecule has 2 aromatic heterocycles. The zero-order valence-electron chi connectivity index (χ0n) is 10.9. The fraction of sp³-hybridized carbons (Fsp3) is 0.462. The Morgan fingerprint density at radius 1 is 1.53 bits per heavy atom. The van der Waals surface area contributed by atoms with E-state index in [0.29, 0.717) is 29.9 Å². The Kier molecular flexibility index (Phi) is 2.48. The predicted octanol–water partition coefficient (Wildman–Crippen LogP) is 1.48. The SMILES string of the molecule is COc1cnc2c(C3(C(=O)O)CCC3)cn(C)c2n1. The first-order valence-corrected chi connectivity index (χ1v) is 6.18. The van der Waals surface area contributed by atoms with Crippen LogP contribution >= 0.6 is 0 Å². The lowest BCUT2D eigenvalue weighted by atomic mass is 9.65. The molecule has 0 bridgehead atoms. The Bertz CT molecular complexity index is 658. The molecular weight excluding hydrogens is 246 g/mol. The molecule has 0 aliphatic heterocycles. The maximum atomic E-state index is 11.6. The van der Waals surface area contributed by atoms with Gasteiger partial charge in [0.15, 0.2) is 5.65 Å². The molecule has 0 unspecified atom stereocenters. The van der Waals surface area contributed by atoms with Crippen molar-refractivity contribution < 1.29 is 14.6 Å². The highest BCUT2D eigenvalue weighted by Gasteiger charge is 2.48. The third kappa shape index (κ3) is 1.52. The first-order valence-electron chi connectivity index (χ1n) is 6.18. The van der Waals surface area contributed by atoms with E-state index in [2.05, 4.69) is 9.97 Å². The molecule has 1 aliphatic carbocycles. The summed E-state index contributed by atoms with van der Waals surface area (Å²) in [4.78, 5) is 20.3. The molecule has 1 N–H and O–H groups in total. The molecule has 0 radical (unpaired) electrons. The van der Waals surface area contributed by atoms with Crippen molar-refractivity contribution in [2.24, 2.45) is 7.05 Å². The van der Waals surface area contributed by atoms with E-state index in [1.54, 1.807) is 0 Å². The summed E-state index contributed by atoms with van der Waals surface area (Å²) >= 11 is 0. The van der Waals surface area contributed by atoms with Gasteiger partial charge in [0.05, 0.1) is 18.7 Å². The van der Waals surface area contributed by atoms with Gasteiger partial charge in [-0.2, -0.15) is 4.98 Å². The lowest BCUT2D eigenvalue weighted by Crippen LogP contribution is -2.42. The van der Waals surface area contributed by atoms with Gasteiger partial charge in [0.2, 0.25) is 5.88 Å². The van der Waals surface area contributed by atoms with Crippen molar-refractivity contribution in [3.05, 3.63) is 18.0 Å². The highest BCUT2D eigenvalue weighted by Crippen LogP contribution is 2.46. The van der Waals surface area contributed by atoms with Gasteiger partial charge in [0.1, 0.15) is 5.52 Å². The zero-order chi connectivity index (χ0) is 13.6. The van der Waals surface area contributed by atoms with E-state index < -0.39 is 11.4 Å². The van der Waals surface area contributed by atoms with Gasteiger partial charge >= 0.3 is 5.97 Å². The molecular formula is C13H15N3O3. The number of nitrogens with zero attached hydrogens (tertiary/aromatic N) is 3. The Labute approximate surface area is 110 Å². The molecule has 2 heterocycles. The number of carbonyl (C=O) groups is 1. The number of fused-ring (bicyclic) bond motifs is 1. The number of hydrogen-bond donors (Lipinski definition) is 1. The van der Waals surface area contributed by atoms with Gasteiger partial charge < -0.3 is 14.4 Å². The minimum Gasteiger partial charge on any atom is -0.481 e. The number of aryl methyl sites for hydroxylation is 1. The fourth-order valence-electron chi connectivity index (χ4n) is 2.69. The number of rotatable bonds is 3. The van der Waals surface area contributed by atoms with Crippen molar-refractivity contribution in [1.82, 2.24) is 14.5 Å². The molecule has 0 spiro atoms. The normalized spacial score (nSPS) is 17.2. The van der Waals surface area contributed by atoms with Crippen molar-refractivity contribution in [3.8, 4) is 5.88 Å². The van der Waals surface area contributed by atoms with Crippen LogP contribution in [0.2, 0.25) is 0 Å². The summed E-state index contributed by atoms with van der Waals surface area (Å²) in [5, 5.41) is 9.52. The van der Waals surface area contributed by atoms with Crippen molar-refractivity contribution in [3.63, 3.8) is 0 Å². The summed E-state index contributed by atoms with van der Waals surface area (Å²) in [5.41, 5.74) is 1.29. The molecule has 0 aromatic carbocycles. The quantitative estimate of drug-likeness (QED) is 0.905. The van der Waals surface area contributed by atoms with Crippen LogP contribution in [0.1, 0.15) is 24.8 Å². The number of hydrogen-bond acceptors (Lipinski definition) is 4. The summed E-state index contributed by atoms with van der Waals surface area (Å²) in [5.74, 6) is -0.345. The first kappa shape index (κ1) is 12.0. The Morgan fingerprint density at radius 2 is 2.26 bits per heavy atom. The number of aromatic nitrogens is 3. The summed E-state index contributed by atoms with van der Waals surface area (Å²) < 4.78 is 6.87. The third-order valence-corrected chi connectivity index (χ3v) is 3.99. The van der Waals surface area contributed by atoms with E-state index in [1.807, 2.05) is 17.8 Å². The summed E-state index contributed by atoms with van der Waals surface area (Å²) in [7, 11) is 3.37. The monoisotopic (exact) mass is 261 g/mol. The maximum Gasteiger partial charge on any atom is 0.314 e. The van der Waals surface area contributed by atoms with Gasteiger partial charge in [-0.05, 0) is 12.8 Å². The number of ether oxygens (including phenoxy) is 1. The van der Waals surface area contributed by atoms with Crippen molar-refractivity contribution in [2.75, 3.05) is 7.11 Å². The topological polar surface area (TPSA) is 77.2 Å². The van der Waals surface area contributed by atoms with Gasteiger partial charge in [0, 0.05) is 18.8 Å². The molecule has 2 aromatic rings. The zero-order valence-corrected chi connectivity index (χ0v) is 10.9. The van der Waals surface area contributed by atoms with Gasteiger partial charge in [-0.3, -0.25) is 4.79 Å². The highest BCUT2D eigenvalue weighted by molar-refractivity contribution is 5.90. The van der Waals surface area contributed by atoms with Crippen LogP contribution in [-0.4, -0.2) is 32.7 Å². The van der Waals surface area contributed by atoms with Crippen LogP contribution in [0.15, 0.2) is 12.4 Å². The number of carboxylic acids is 1. The standard InChI is InChI=1S/C13H15N3O3/c1-16-7-8(13(12(17)18)4-3-5-13)10-11(16)15-9(19-2)6-14-10/h6-7H,3-5H2,1-2H3,(H,17,18). The van der Waals surface area contributed by atoms with Crippen molar-refractivity contribution >= 4 is 17.1 Å². The lowest BCUT2D eigenvalue weighted by Gasteiger charge is -2.37. The Morgan fingerprint density at radius 3 is 2.79 bits per heavy atom. The van der Waals surface area contributed by atoms with E-state index in [1.165, 1.54) is 13.3 Å². The predicted molar refractivity (Wildman–Crippen MR) is 68.2 cm³/mol. The minimum absolute atomic E-state index is 0.429. The Balaban J connectivity index is 2.23. The molecule has 6 nitrogen and oxygen atoms in total. The first-order chi connectivity index (χ1) is 9.08. The smallest absolute Gasteiger partial charge is 0.314 e. The minimum atomic E-state index is -0.789. The summed E-state index contributed by atoms with van der Waals surface area (Å²) in [6, 6.07) is 0. The molecule has 6 heteroatoms.